The van der Waals surface area contributed by atoms with Gasteiger partial charge >= 0.3 is 0 Å². The van der Waals surface area contributed by atoms with Crippen molar-refractivity contribution in [2.75, 3.05) is 5.32 Å². The van der Waals surface area contributed by atoms with Crippen molar-refractivity contribution in [1.82, 2.24) is 14.8 Å². The molecular formula is C19H13FN4O2S. The van der Waals surface area contributed by atoms with Crippen LogP contribution in [0.25, 0.3) is 22.0 Å². The first-order valence-electron chi connectivity index (χ1n) is 8.02. The first-order valence-corrected chi connectivity index (χ1v) is 8.90. The van der Waals surface area contributed by atoms with Crippen LogP contribution in [0.3, 0.4) is 0 Å². The lowest BCUT2D eigenvalue weighted by molar-refractivity contribution is 0.102. The highest BCUT2D eigenvalue weighted by Crippen LogP contribution is 2.25. The molecule has 0 unspecified atom stereocenters. The van der Waals surface area contributed by atoms with E-state index >= 15 is 0 Å². The molecule has 0 saturated heterocycles. The summed E-state index contributed by atoms with van der Waals surface area (Å²) in [7, 11) is 1.50. The van der Waals surface area contributed by atoms with Crippen molar-refractivity contribution in [1.29, 1.82) is 0 Å². The van der Waals surface area contributed by atoms with E-state index in [0.29, 0.717) is 21.6 Å². The third-order valence-electron chi connectivity index (χ3n) is 4.04. The molecule has 0 aliphatic heterocycles. The van der Waals surface area contributed by atoms with Crippen LogP contribution < -0.4 is 10.9 Å². The Bertz CT molecular complexity index is 1210. The second kappa shape index (κ2) is 6.73. The zero-order valence-electron chi connectivity index (χ0n) is 14.1. The fourth-order valence-corrected chi connectivity index (χ4v) is 3.42. The molecule has 4 rings (SSSR count). The number of thiazole rings is 1. The lowest BCUT2D eigenvalue weighted by atomic mass is 10.1. The fourth-order valence-electron chi connectivity index (χ4n) is 2.71. The van der Waals surface area contributed by atoms with Gasteiger partial charge in [0.15, 0.2) is 10.8 Å². The molecule has 0 spiro atoms. The van der Waals surface area contributed by atoms with Crippen LogP contribution in [0, 0.1) is 5.82 Å². The van der Waals surface area contributed by atoms with Crippen LogP contribution in [0.1, 0.15) is 10.5 Å². The van der Waals surface area contributed by atoms with Gasteiger partial charge in [-0.25, -0.2) is 14.1 Å². The minimum atomic E-state index is -0.457. The number of hydrogen-bond donors (Lipinski definition) is 1. The second-order valence-corrected chi connectivity index (χ2v) is 6.68. The van der Waals surface area contributed by atoms with Gasteiger partial charge in [-0.3, -0.25) is 14.9 Å². The van der Waals surface area contributed by atoms with Crippen LogP contribution in [0.2, 0.25) is 0 Å². The minimum Gasteiger partial charge on any atom is -0.296 e. The number of nitrogens with one attached hydrogen (secondary N) is 1. The maximum absolute atomic E-state index is 13.1. The number of benzene rings is 2. The highest BCUT2D eigenvalue weighted by atomic mass is 32.1. The van der Waals surface area contributed by atoms with E-state index in [4.69, 9.17) is 0 Å². The number of nitrogens with zero attached hydrogens (tertiary/aromatic N) is 3. The first kappa shape index (κ1) is 17.0. The lowest BCUT2D eigenvalue weighted by Crippen LogP contribution is -2.25. The molecule has 2 aromatic heterocycles. The molecule has 6 nitrogen and oxygen atoms in total. The maximum atomic E-state index is 13.1. The van der Waals surface area contributed by atoms with Gasteiger partial charge in [-0.1, -0.05) is 18.2 Å². The molecule has 0 aliphatic rings. The maximum Gasteiger partial charge on any atom is 0.278 e. The Balaban J connectivity index is 1.66. The van der Waals surface area contributed by atoms with E-state index in [-0.39, 0.29) is 17.1 Å². The normalized spacial score (nSPS) is 10.9. The first-order chi connectivity index (χ1) is 13.0. The predicted molar refractivity (Wildman–Crippen MR) is 102 cm³/mol. The summed E-state index contributed by atoms with van der Waals surface area (Å²) in [6.45, 7) is 0. The smallest absolute Gasteiger partial charge is 0.278 e. The number of halogens is 1. The van der Waals surface area contributed by atoms with Crippen molar-refractivity contribution < 1.29 is 9.18 Å². The van der Waals surface area contributed by atoms with E-state index in [0.717, 1.165) is 10.2 Å². The van der Waals surface area contributed by atoms with Crippen LogP contribution in [-0.2, 0) is 7.05 Å². The highest BCUT2D eigenvalue weighted by Gasteiger charge is 2.17. The summed E-state index contributed by atoms with van der Waals surface area (Å²) < 4.78 is 14.2. The van der Waals surface area contributed by atoms with Crippen molar-refractivity contribution in [3.05, 3.63) is 75.8 Å². The summed E-state index contributed by atoms with van der Waals surface area (Å²) in [4.78, 5) is 29.3. The van der Waals surface area contributed by atoms with Crippen LogP contribution in [0.4, 0.5) is 9.52 Å². The predicted octanol–water partition coefficient (Wildman–Crippen LogP) is 3.45. The average Bonchev–Trinajstić information content (AvgIpc) is 3.13. The van der Waals surface area contributed by atoms with Gasteiger partial charge in [-0.2, -0.15) is 5.10 Å². The van der Waals surface area contributed by atoms with Gasteiger partial charge in [-0.05, 0) is 30.3 Å². The fraction of sp³-hybridized carbons (Fsp3) is 0.0526. The number of rotatable bonds is 3. The summed E-state index contributed by atoms with van der Waals surface area (Å²) in [6.07, 6.45) is 0. The second-order valence-electron chi connectivity index (χ2n) is 5.82. The van der Waals surface area contributed by atoms with Crippen LogP contribution in [0.5, 0.6) is 0 Å². The largest absolute Gasteiger partial charge is 0.296 e. The van der Waals surface area contributed by atoms with E-state index < -0.39 is 5.91 Å². The van der Waals surface area contributed by atoms with Gasteiger partial charge < -0.3 is 0 Å². The minimum absolute atomic E-state index is 0.145. The monoisotopic (exact) mass is 380 g/mol. The summed E-state index contributed by atoms with van der Waals surface area (Å²) in [5.74, 6) is -0.781. The number of carbonyl (C=O) groups excluding carboxylic acids is 1. The SMILES string of the molecule is Cn1nc(C(=O)Nc2nc(-c3ccc(F)cc3)cs2)c2ccccc2c1=O. The summed E-state index contributed by atoms with van der Waals surface area (Å²) in [5.41, 5.74) is 1.26. The number of hydrogen-bond acceptors (Lipinski definition) is 5. The zero-order chi connectivity index (χ0) is 19.0. The number of fused-ring (bicyclic) bond motifs is 1. The number of amides is 1. The van der Waals surface area contributed by atoms with E-state index in [1.54, 1.807) is 41.8 Å². The van der Waals surface area contributed by atoms with E-state index in [1.165, 1.54) is 30.5 Å². The molecule has 8 heteroatoms. The Labute approximate surface area is 156 Å². The molecule has 27 heavy (non-hydrogen) atoms. The number of anilines is 1. The molecule has 0 atom stereocenters. The molecule has 0 fully saturated rings. The molecule has 1 N–H and O–H groups in total. The van der Waals surface area contributed by atoms with Gasteiger partial charge in [0.25, 0.3) is 11.5 Å². The van der Waals surface area contributed by atoms with E-state index in [2.05, 4.69) is 15.4 Å². The lowest BCUT2D eigenvalue weighted by Gasteiger charge is -2.07. The zero-order valence-corrected chi connectivity index (χ0v) is 15.0. The van der Waals surface area contributed by atoms with Gasteiger partial charge in [0.05, 0.1) is 11.1 Å². The summed E-state index contributed by atoms with van der Waals surface area (Å²) in [6, 6.07) is 12.8. The van der Waals surface area contributed by atoms with Crippen molar-refractivity contribution in [3.63, 3.8) is 0 Å². The van der Waals surface area contributed by atoms with Gasteiger partial charge in [0.1, 0.15) is 5.82 Å². The third-order valence-corrected chi connectivity index (χ3v) is 4.79. The van der Waals surface area contributed by atoms with E-state index in [1.807, 2.05) is 0 Å². The number of aromatic nitrogens is 3. The van der Waals surface area contributed by atoms with Gasteiger partial charge in [0.2, 0.25) is 0 Å². The van der Waals surface area contributed by atoms with E-state index in [9.17, 15) is 14.0 Å². The third kappa shape index (κ3) is 3.22. The molecule has 0 bridgehead atoms. The molecule has 1 amide bonds. The molecule has 0 saturated carbocycles. The molecule has 0 aliphatic carbocycles. The number of aryl methyl sites for hydroxylation is 1. The standard InChI is InChI=1S/C19H13FN4O2S/c1-24-18(26)14-5-3-2-4-13(14)16(23-24)17(25)22-19-21-15(10-27-19)11-6-8-12(20)9-7-11/h2-10H,1H3,(H,21,22,25). The molecule has 134 valence electrons. The quantitative estimate of drug-likeness (QED) is 0.591. The number of carbonyl (C=O) groups is 1. The molecule has 0 radical (unpaired) electrons. The molecule has 2 aromatic carbocycles. The Morgan fingerprint density at radius 1 is 1.11 bits per heavy atom. The van der Waals surface area contributed by atoms with Gasteiger partial charge in [0, 0.05) is 23.4 Å². The Kier molecular flexibility index (Phi) is 4.25. The van der Waals surface area contributed by atoms with Gasteiger partial charge in [-0.15, -0.1) is 11.3 Å². The van der Waals surface area contributed by atoms with Crippen molar-refractivity contribution in [2.45, 2.75) is 0 Å². The van der Waals surface area contributed by atoms with Crippen molar-refractivity contribution in [3.8, 4) is 11.3 Å². The topological polar surface area (TPSA) is 76.9 Å². The molecule has 2 heterocycles. The molecular weight excluding hydrogens is 367 g/mol. The Hall–Kier alpha value is -3.39. The van der Waals surface area contributed by atoms with Crippen molar-refractivity contribution in [2.24, 2.45) is 7.05 Å². The Morgan fingerprint density at radius 2 is 1.81 bits per heavy atom. The van der Waals surface area contributed by atoms with Crippen LogP contribution in [-0.4, -0.2) is 20.7 Å². The van der Waals surface area contributed by atoms with Crippen LogP contribution >= 0.6 is 11.3 Å². The van der Waals surface area contributed by atoms with Crippen LogP contribution in [0.15, 0.2) is 58.7 Å². The summed E-state index contributed by atoms with van der Waals surface area (Å²) >= 11 is 1.25. The Morgan fingerprint density at radius 3 is 2.56 bits per heavy atom. The summed E-state index contributed by atoms with van der Waals surface area (Å²) in [5, 5.41) is 9.88. The average molecular weight is 380 g/mol. The van der Waals surface area contributed by atoms with Crippen molar-refractivity contribution >= 4 is 33.1 Å². The highest BCUT2D eigenvalue weighted by molar-refractivity contribution is 7.14. The molecule has 4 aromatic rings.